The predicted octanol–water partition coefficient (Wildman–Crippen LogP) is 2.56. The molecule has 0 spiro atoms. The molecule has 1 atom stereocenters. The lowest BCUT2D eigenvalue weighted by molar-refractivity contribution is 0.0277. The fourth-order valence-corrected chi connectivity index (χ4v) is 3.21. The average molecular weight is 365 g/mol. The quantitative estimate of drug-likeness (QED) is 0.664. The van der Waals surface area contributed by atoms with Crippen LogP contribution in [0, 0.1) is 0 Å². The highest BCUT2D eigenvalue weighted by Gasteiger charge is 2.15. The Morgan fingerprint density at radius 3 is 2.93 bits per heavy atom. The number of carbonyl (C=O) groups is 1. The first-order valence-corrected chi connectivity index (χ1v) is 9.07. The molecule has 1 aliphatic rings. The zero-order chi connectivity index (χ0) is 18.6. The van der Waals surface area contributed by atoms with Crippen molar-refractivity contribution in [3.05, 3.63) is 59.8 Å². The molecule has 0 bridgehead atoms. The van der Waals surface area contributed by atoms with Crippen molar-refractivity contribution < 1.29 is 9.53 Å². The van der Waals surface area contributed by atoms with Crippen LogP contribution >= 0.6 is 0 Å². The van der Waals surface area contributed by atoms with E-state index in [-0.39, 0.29) is 12.1 Å². The zero-order valence-electron chi connectivity index (χ0n) is 15.2. The van der Waals surface area contributed by atoms with Crippen LogP contribution in [0.1, 0.15) is 17.2 Å². The predicted molar refractivity (Wildman–Crippen MR) is 105 cm³/mol. The molecule has 3 N–H and O–H groups in total. The maximum absolute atomic E-state index is 12.2. The summed E-state index contributed by atoms with van der Waals surface area (Å²) in [6.45, 7) is 2.87. The molecule has 2 aromatic carbocycles. The molecule has 0 aliphatic carbocycles. The molecule has 1 aromatic heterocycles. The van der Waals surface area contributed by atoms with E-state index in [1.165, 1.54) is 0 Å². The van der Waals surface area contributed by atoms with Crippen molar-refractivity contribution in [1.29, 1.82) is 0 Å². The van der Waals surface area contributed by atoms with Crippen LogP contribution in [0.4, 0.5) is 10.5 Å². The standard InChI is InChI=1S/C20H23N5O2/c1-25-13-16-3-2-14(10-18(16)24-25)11-22-20(26)23-17-6-4-15(5-7-17)19-12-21-8-9-27-19/h2-7,10,13,19,21H,8-9,11-12H2,1H3,(H2,22,23,26). The van der Waals surface area contributed by atoms with Gasteiger partial charge >= 0.3 is 6.03 Å². The van der Waals surface area contributed by atoms with Crippen LogP contribution in [0.2, 0.25) is 0 Å². The highest BCUT2D eigenvalue weighted by molar-refractivity contribution is 5.89. The molecule has 140 valence electrons. The van der Waals surface area contributed by atoms with Crippen LogP contribution in [0.5, 0.6) is 0 Å². The number of fused-ring (bicyclic) bond motifs is 1. The number of carbonyl (C=O) groups excluding carboxylic acids is 1. The van der Waals surface area contributed by atoms with Crippen molar-refractivity contribution in [1.82, 2.24) is 20.4 Å². The summed E-state index contributed by atoms with van der Waals surface area (Å²) in [6, 6.07) is 13.5. The first-order valence-electron chi connectivity index (χ1n) is 9.07. The van der Waals surface area contributed by atoms with Crippen molar-refractivity contribution in [3.63, 3.8) is 0 Å². The van der Waals surface area contributed by atoms with E-state index in [1.807, 2.05) is 55.7 Å². The lowest BCUT2D eigenvalue weighted by atomic mass is 10.1. The van der Waals surface area contributed by atoms with Crippen LogP contribution in [0.15, 0.2) is 48.7 Å². The Labute approximate surface area is 157 Å². The van der Waals surface area contributed by atoms with Crippen molar-refractivity contribution in [3.8, 4) is 0 Å². The van der Waals surface area contributed by atoms with Gasteiger partial charge in [-0.3, -0.25) is 4.68 Å². The number of benzene rings is 2. The molecule has 1 unspecified atom stereocenters. The van der Waals surface area contributed by atoms with E-state index in [1.54, 1.807) is 4.68 Å². The number of ether oxygens (including phenoxy) is 1. The number of hydrogen-bond donors (Lipinski definition) is 3. The third-order valence-corrected chi connectivity index (χ3v) is 4.61. The van der Waals surface area contributed by atoms with Crippen molar-refractivity contribution in [2.75, 3.05) is 25.0 Å². The van der Waals surface area contributed by atoms with Crippen LogP contribution in [-0.4, -0.2) is 35.5 Å². The van der Waals surface area contributed by atoms with E-state index in [0.717, 1.165) is 47.4 Å². The molecule has 1 aliphatic heterocycles. The monoisotopic (exact) mass is 365 g/mol. The van der Waals surface area contributed by atoms with Gasteiger partial charge in [0, 0.05) is 44.0 Å². The number of amides is 2. The molecule has 2 amide bonds. The van der Waals surface area contributed by atoms with Crippen molar-refractivity contribution in [2.45, 2.75) is 12.6 Å². The number of hydrogen-bond acceptors (Lipinski definition) is 4. The van der Waals surface area contributed by atoms with Gasteiger partial charge in [0.05, 0.1) is 18.2 Å². The van der Waals surface area contributed by atoms with Gasteiger partial charge in [-0.2, -0.15) is 5.10 Å². The summed E-state index contributed by atoms with van der Waals surface area (Å²) in [7, 11) is 1.90. The summed E-state index contributed by atoms with van der Waals surface area (Å²) in [5.41, 5.74) is 3.79. The lowest BCUT2D eigenvalue weighted by Gasteiger charge is -2.24. The van der Waals surface area contributed by atoms with Gasteiger partial charge in [0.2, 0.25) is 0 Å². The van der Waals surface area contributed by atoms with E-state index < -0.39 is 0 Å². The molecule has 1 fully saturated rings. The smallest absolute Gasteiger partial charge is 0.319 e. The number of rotatable bonds is 4. The molecule has 7 nitrogen and oxygen atoms in total. The number of urea groups is 1. The highest BCUT2D eigenvalue weighted by atomic mass is 16.5. The lowest BCUT2D eigenvalue weighted by Crippen LogP contribution is -2.33. The zero-order valence-corrected chi connectivity index (χ0v) is 15.2. The molecule has 4 rings (SSSR count). The molecule has 0 saturated carbocycles. The largest absolute Gasteiger partial charge is 0.371 e. The SMILES string of the molecule is Cn1cc2ccc(CNC(=O)Nc3ccc(C4CNCCO4)cc3)cc2n1. The first-order chi connectivity index (χ1) is 13.2. The number of aromatic nitrogens is 2. The second kappa shape index (κ2) is 7.77. The Morgan fingerprint density at radius 1 is 1.30 bits per heavy atom. The van der Waals surface area contributed by atoms with Gasteiger partial charge in [-0.05, 0) is 29.3 Å². The number of nitrogens with one attached hydrogen (secondary N) is 3. The second-order valence-corrected chi connectivity index (χ2v) is 6.69. The number of nitrogens with zero attached hydrogens (tertiary/aromatic N) is 2. The Hall–Kier alpha value is -2.90. The molecular weight excluding hydrogens is 342 g/mol. The van der Waals surface area contributed by atoms with Crippen molar-refractivity contribution >= 4 is 22.6 Å². The highest BCUT2D eigenvalue weighted by Crippen LogP contribution is 2.20. The normalized spacial score (nSPS) is 17.0. The van der Waals surface area contributed by atoms with Gasteiger partial charge in [-0.1, -0.05) is 24.3 Å². The third kappa shape index (κ3) is 4.27. The van der Waals surface area contributed by atoms with Crippen LogP contribution < -0.4 is 16.0 Å². The Morgan fingerprint density at radius 2 is 2.15 bits per heavy atom. The third-order valence-electron chi connectivity index (χ3n) is 4.61. The number of anilines is 1. The molecule has 1 saturated heterocycles. The van der Waals surface area contributed by atoms with Gasteiger partial charge in [-0.25, -0.2) is 4.79 Å². The second-order valence-electron chi connectivity index (χ2n) is 6.69. The summed E-state index contributed by atoms with van der Waals surface area (Å²) in [5.74, 6) is 0. The van der Waals surface area contributed by atoms with Crippen LogP contribution in [0.3, 0.4) is 0 Å². The van der Waals surface area contributed by atoms with Gasteiger partial charge in [0.25, 0.3) is 0 Å². The molecular formula is C20H23N5O2. The summed E-state index contributed by atoms with van der Waals surface area (Å²) in [5, 5.41) is 14.5. The first kappa shape index (κ1) is 17.5. The Bertz CT molecular complexity index is 929. The molecule has 3 aromatic rings. The molecule has 7 heteroatoms. The summed E-state index contributed by atoms with van der Waals surface area (Å²) in [4.78, 5) is 12.2. The molecule has 27 heavy (non-hydrogen) atoms. The number of aryl methyl sites for hydroxylation is 1. The minimum Gasteiger partial charge on any atom is -0.371 e. The van der Waals surface area contributed by atoms with E-state index in [9.17, 15) is 4.79 Å². The maximum Gasteiger partial charge on any atom is 0.319 e. The summed E-state index contributed by atoms with van der Waals surface area (Å²) in [6.07, 6.45) is 2.04. The summed E-state index contributed by atoms with van der Waals surface area (Å²) >= 11 is 0. The fourth-order valence-electron chi connectivity index (χ4n) is 3.21. The average Bonchev–Trinajstić information content (AvgIpc) is 3.07. The maximum atomic E-state index is 12.2. The summed E-state index contributed by atoms with van der Waals surface area (Å²) < 4.78 is 7.52. The Balaban J connectivity index is 1.31. The van der Waals surface area contributed by atoms with Crippen LogP contribution in [-0.2, 0) is 18.3 Å². The topological polar surface area (TPSA) is 80.2 Å². The van der Waals surface area contributed by atoms with Gasteiger partial charge in [0.1, 0.15) is 0 Å². The van der Waals surface area contributed by atoms with Gasteiger partial charge in [0.15, 0.2) is 0 Å². The fraction of sp³-hybridized carbons (Fsp3) is 0.300. The van der Waals surface area contributed by atoms with E-state index in [4.69, 9.17) is 4.74 Å². The van der Waals surface area contributed by atoms with E-state index >= 15 is 0 Å². The Kier molecular flexibility index (Phi) is 5.04. The van der Waals surface area contributed by atoms with Gasteiger partial charge in [-0.15, -0.1) is 0 Å². The van der Waals surface area contributed by atoms with Crippen LogP contribution in [0.25, 0.3) is 10.9 Å². The van der Waals surface area contributed by atoms with Gasteiger partial charge < -0.3 is 20.7 Å². The number of morpholine rings is 1. The van der Waals surface area contributed by atoms with Crippen molar-refractivity contribution in [2.24, 2.45) is 7.05 Å². The van der Waals surface area contributed by atoms with E-state index in [2.05, 4.69) is 21.0 Å². The minimum atomic E-state index is -0.237. The molecule has 0 radical (unpaired) electrons. The molecule has 2 heterocycles. The minimum absolute atomic E-state index is 0.0724. The van der Waals surface area contributed by atoms with E-state index in [0.29, 0.717) is 6.54 Å².